The van der Waals surface area contributed by atoms with Gasteiger partial charge < -0.3 is 8.92 Å². The number of rotatable bonds is 7. The molecule has 0 unspecified atom stereocenters. The van der Waals surface area contributed by atoms with Crippen molar-refractivity contribution in [2.24, 2.45) is 5.10 Å². The van der Waals surface area contributed by atoms with E-state index in [1.54, 1.807) is 48.5 Å². The minimum absolute atomic E-state index is 0.00107. The Morgan fingerprint density at radius 1 is 1.06 bits per heavy atom. The SMILES string of the molecule is COc1cccc(/C=N/NC(=O)c2cccc(Cl)c2)c1OS(=O)(=O)c1ccc(C)cc1. The molecule has 3 rings (SSSR count). The van der Waals surface area contributed by atoms with E-state index in [-0.39, 0.29) is 16.4 Å². The molecular weight excluding hydrogens is 440 g/mol. The highest BCUT2D eigenvalue weighted by Crippen LogP contribution is 2.32. The van der Waals surface area contributed by atoms with Crippen molar-refractivity contribution in [3.8, 4) is 11.5 Å². The van der Waals surface area contributed by atoms with Gasteiger partial charge in [-0.15, -0.1) is 0 Å². The average molecular weight is 459 g/mol. The van der Waals surface area contributed by atoms with Gasteiger partial charge in [-0.1, -0.05) is 41.4 Å². The minimum Gasteiger partial charge on any atom is -0.493 e. The summed E-state index contributed by atoms with van der Waals surface area (Å²) < 4.78 is 36.1. The molecule has 7 nitrogen and oxygen atoms in total. The predicted octanol–water partition coefficient (Wildman–Crippen LogP) is 4.19. The first-order valence-electron chi connectivity index (χ1n) is 9.07. The van der Waals surface area contributed by atoms with Crippen molar-refractivity contribution in [2.75, 3.05) is 7.11 Å². The van der Waals surface area contributed by atoms with Gasteiger partial charge in [0.2, 0.25) is 0 Å². The fraction of sp³-hybridized carbons (Fsp3) is 0.0909. The van der Waals surface area contributed by atoms with Gasteiger partial charge >= 0.3 is 10.1 Å². The van der Waals surface area contributed by atoms with Crippen LogP contribution in [0.1, 0.15) is 21.5 Å². The summed E-state index contributed by atoms with van der Waals surface area (Å²) in [5.74, 6) is -0.330. The molecule has 9 heteroatoms. The van der Waals surface area contributed by atoms with Crippen molar-refractivity contribution in [2.45, 2.75) is 11.8 Å². The van der Waals surface area contributed by atoms with Crippen LogP contribution in [0.15, 0.2) is 76.7 Å². The number of para-hydroxylation sites is 1. The standard InChI is InChI=1S/C22H19ClN2O5S/c1-15-9-11-19(12-10-15)31(27,28)30-21-17(6-4-8-20(21)29-2)14-24-25-22(26)16-5-3-7-18(23)13-16/h3-14H,1-2H3,(H,25,26)/b24-14+. The lowest BCUT2D eigenvalue weighted by atomic mass is 10.2. The van der Waals surface area contributed by atoms with Crippen LogP contribution >= 0.6 is 11.6 Å². The van der Waals surface area contributed by atoms with E-state index >= 15 is 0 Å². The minimum atomic E-state index is -4.12. The van der Waals surface area contributed by atoms with Crippen molar-refractivity contribution in [3.63, 3.8) is 0 Å². The fourth-order valence-corrected chi connectivity index (χ4v) is 3.76. The van der Waals surface area contributed by atoms with Gasteiger partial charge in [0, 0.05) is 16.1 Å². The van der Waals surface area contributed by atoms with Crippen LogP contribution in [0.3, 0.4) is 0 Å². The Hall–Kier alpha value is -3.36. The monoisotopic (exact) mass is 458 g/mol. The van der Waals surface area contributed by atoms with Crippen molar-refractivity contribution in [3.05, 3.63) is 88.4 Å². The van der Waals surface area contributed by atoms with Crippen LogP contribution in [0.4, 0.5) is 0 Å². The number of hydrogen-bond acceptors (Lipinski definition) is 6. The zero-order chi connectivity index (χ0) is 22.4. The number of benzene rings is 3. The maximum Gasteiger partial charge on any atom is 0.339 e. The number of hydrazone groups is 1. The van der Waals surface area contributed by atoms with E-state index in [1.807, 2.05) is 6.92 Å². The first-order valence-corrected chi connectivity index (χ1v) is 10.9. The van der Waals surface area contributed by atoms with Crippen LogP contribution in [-0.4, -0.2) is 27.6 Å². The molecule has 0 aliphatic carbocycles. The summed E-state index contributed by atoms with van der Waals surface area (Å²) in [5, 5.41) is 4.32. The van der Waals surface area contributed by atoms with Gasteiger partial charge in [-0.05, 0) is 49.4 Å². The number of methoxy groups -OCH3 is 1. The Morgan fingerprint density at radius 3 is 2.45 bits per heavy atom. The first kappa shape index (κ1) is 22.3. The molecule has 0 aliphatic heterocycles. The normalized spacial score (nSPS) is 11.3. The lowest BCUT2D eigenvalue weighted by Gasteiger charge is -2.13. The molecule has 1 N–H and O–H groups in total. The Balaban J connectivity index is 1.85. The largest absolute Gasteiger partial charge is 0.493 e. The third kappa shape index (κ3) is 5.62. The highest BCUT2D eigenvalue weighted by atomic mass is 35.5. The zero-order valence-electron chi connectivity index (χ0n) is 16.7. The topological polar surface area (TPSA) is 94.1 Å². The van der Waals surface area contributed by atoms with Gasteiger partial charge in [0.05, 0.1) is 13.3 Å². The van der Waals surface area contributed by atoms with Gasteiger partial charge in [0.25, 0.3) is 5.91 Å². The van der Waals surface area contributed by atoms with E-state index in [0.717, 1.165) is 5.56 Å². The average Bonchev–Trinajstić information content (AvgIpc) is 2.74. The molecule has 0 fully saturated rings. The predicted molar refractivity (Wildman–Crippen MR) is 118 cm³/mol. The van der Waals surface area contributed by atoms with Crippen LogP contribution in [-0.2, 0) is 10.1 Å². The van der Waals surface area contributed by atoms with Gasteiger partial charge in [-0.25, -0.2) is 5.43 Å². The molecule has 0 saturated carbocycles. The molecule has 3 aromatic rings. The summed E-state index contributed by atoms with van der Waals surface area (Å²) >= 11 is 5.89. The number of aryl methyl sites for hydroxylation is 1. The Morgan fingerprint density at radius 2 is 1.77 bits per heavy atom. The molecule has 0 aromatic heterocycles. The van der Waals surface area contributed by atoms with Crippen molar-refractivity contribution in [1.29, 1.82) is 0 Å². The molecule has 0 saturated heterocycles. The van der Waals surface area contributed by atoms with Crippen LogP contribution in [0.2, 0.25) is 5.02 Å². The molecule has 0 radical (unpaired) electrons. The number of amides is 1. The van der Waals surface area contributed by atoms with E-state index < -0.39 is 16.0 Å². The molecule has 0 heterocycles. The number of carbonyl (C=O) groups is 1. The van der Waals surface area contributed by atoms with Crippen LogP contribution in [0.5, 0.6) is 11.5 Å². The van der Waals surface area contributed by atoms with E-state index in [1.165, 1.54) is 31.5 Å². The van der Waals surface area contributed by atoms with E-state index in [9.17, 15) is 13.2 Å². The lowest BCUT2D eigenvalue weighted by molar-refractivity contribution is 0.0955. The van der Waals surface area contributed by atoms with Crippen LogP contribution in [0, 0.1) is 6.92 Å². The highest BCUT2D eigenvalue weighted by molar-refractivity contribution is 7.87. The zero-order valence-corrected chi connectivity index (χ0v) is 18.3. The quantitative estimate of drug-likeness (QED) is 0.325. The highest BCUT2D eigenvalue weighted by Gasteiger charge is 2.21. The van der Waals surface area contributed by atoms with Gasteiger partial charge in [-0.2, -0.15) is 13.5 Å². The van der Waals surface area contributed by atoms with Gasteiger partial charge in [0.15, 0.2) is 11.5 Å². The second-order valence-electron chi connectivity index (χ2n) is 6.44. The summed E-state index contributed by atoms with van der Waals surface area (Å²) in [7, 11) is -2.73. The number of halogens is 1. The summed E-state index contributed by atoms with van der Waals surface area (Å²) in [4.78, 5) is 12.2. The number of carbonyl (C=O) groups excluding carboxylic acids is 1. The lowest BCUT2D eigenvalue weighted by Crippen LogP contribution is -2.17. The summed E-state index contributed by atoms with van der Waals surface area (Å²) in [6.07, 6.45) is 1.27. The third-order valence-corrected chi connectivity index (χ3v) is 5.66. The molecule has 160 valence electrons. The van der Waals surface area contributed by atoms with Crippen LogP contribution < -0.4 is 14.3 Å². The van der Waals surface area contributed by atoms with Crippen LogP contribution in [0.25, 0.3) is 0 Å². The number of ether oxygens (including phenoxy) is 1. The van der Waals surface area contributed by atoms with Crippen molar-refractivity contribution < 1.29 is 22.1 Å². The molecule has 0 aliphatic rings. The van der Waals surface area contributed by atoms with E-state index in [2.05, 4.69) is 10.5 Å². The fourth-order valence-electron chi connectivity index (χ4n) is 2.60. The second kappa shape index (κ2) is 9.63. The Labute approximate surface area is 185 Å². The van der Waals surface area contributed by atoms with Crippen molar-refractivity contribution in [1.82, 2.24) is 5.43 Å². The summed E-state index contributed by atoms with van der Waals surface area (Å²) in [5.41, 5.74) is 3.90. The molecule has 0 bridgehead atoms. The Bertz CT molecular complexity index is 1220. The summed E-state index contributed by atoms with van der Waals surface area (Å²) in [6.45, 7) is 1.85. The maximum absolute atomic E-state index is 12.7. The van der Waals surface area contributed by atoms with Gasteiger partial charge in [0.1, 0.15) is 4.90 Å². The molecule has 0 spiro atoms. The molecular formula is C22H19ClN2O5S. The maximum atomic E-state index is 12.7. The van der Waals surface area contributed by atoms with Crippen molar-refractivity contribution >= 4 is 33.8 Å². The van der Waals surface area contributed by atoms with E-state index in [0.29, 0.717) is 16.1 Å². The number of nitrogens with one attached hydrogen (secondary N) is 1. The first-order chi connectivity index (χ1) is 14.8. The van der Waals surface area contributed by atoms with Gasteiger partial charge in [-0.3, -0.25) is 4.79 Å². The molecule has 0 atom stereocenters. The second-order valence-corrected chi connectivity index (χ2v) is 8.42. The Kier molecular flexibility index (Phi) is 6.94. The smallest absolute Gasteiger partial charge is 0.339 e. The molecule has 31 heavy (non-hydrogen) atoms. The molecule has 1 amide bonds. The summed E-state index contributed by atoms with van der Waals surface area (Å²) in [6, 6.07) is 17.4. The number of hydrogen-bond donors (Lipinski definition) is 1. The third-order valence-electron chi connectivity index (χ3n) is 4.19. The van der Waals surface area contributed by atoms with E-state index in [4.69, 9.17) is 20.5 Å². The molecule has 3 aromatic carbocycles. The number of nitrogens with zero attached hydrogens (tertiary/aromatic N) is 1.